The summed E-state index contributed by atoms with van der Waals surface area (Å²) in [6, 6.07) is 188. The van der Waals surface area contributed by atoms with E-state index in [0.29, 0.717) is 0 Å². The lowest BCUT2D eigenvalue weighted by Gasteiger charge is -2.28. The summed E-state index contributed by atoms with van der Waals surface area (Å²) in [7, 11) is 0. The molecule has 27 aromatic rings. The average Bonchev–Trinajstić information content (AvgIpc) is 1.48. The number of para-hydroxylation sites is 6. The minimum absolute atomic E-state index is 0.875. The molecule has 0 atom stereocenters. The molecule has 0 saturated heterocycles. The molecule has 0 amide bonds. The first-order valence-corrected chi connectivity index (χ1v) is 47.1. The quantitative estimate of drug-likeness (QED) is 0.102. The summed E-state index contributed by atoms with van der Waals surface area (Å²) >= 11 is 0. The van der Waals surface area contributed by atoms with Crippen LogP contribution in [0.5, 0.6) is 0 Å². The van der Waals surface area contributed by atoms with Crippen molar-refractivity contribution in [2.24, 2.45) is 0 Å². The van der Waals surface area contributed by atoms with Crippen LogP contribution in [0.2, 0.25) is 0 Å². The highest BCUT2D eigenvalue weighted by Gasteiger charge is 2.25. The number of furan rings is 3. The fraction of sp³-hybridized carbons (Fsp3) is 0. The van der Waals surface area contributed by atoms with Crippen molar-refractivity contribution in [3.8, 4) is 66.8 Å². The molecule has 27 rings (SSSR count). The third-order valence-electron chi connectivity index (χ3n) is 27.2. The first-order valence-electron chi connectivity index (χ1n) is 47.1. The second-order valence-electron chi connectivity index (χ2n) is 35.2. The van der Waals surface area contributed by atoms with Crippen LogP contribution in [0.15, 0.2) is 541 Å². The van der Waals surface area contributed by atoms with Crippen molar-refractivity contribution in [1.29, 1.82) is 0 Å². The largest absolute Gasteiger partial charge is 0.455 e. The van der Waals surface area contributed by atoms with E-state index in [1.165, 1.54) is 109 Å². The van der Waals surface area contributed by atoms with Crippen molar-refractivity contribution in [2.45, 2.75) is 0 Å². The predicted octanol–water partition coefficient (Wildman–Crippen LogP) is 38.1. The third kappa shape index (κ3) is 15.0. The van der Waals surface area contributed by atoms with Crippen molar-refractivity contribution in [2.75, 3.05) is 14.7 Å². The van der Waals surface area contributed by atoms with E-state index in [4.69, 9.17) is 13.3 Å². The fourth-order valence-electron chi connectivity index (χ4n) is 20.6. The SMILES string of the molecule is c1cc(-c2cccc3c2oc2ccccc23)cc(N(c2ccc(-c3cccc4ccccc34)cc2)c2ccc(-c3cccc4ccccc34)cc2)c1.c1ccc2c(-c3ccc(N(c4ccc(-c5cccc6ccccc56)cc4)c4cccc5c4oc4ccccc45)cc3)cccc2c1.c1ccc2c(N(c3ccc(-c4cccc5c4oc4ccccc45)cc3)c3cccc4ccccc34)cccc2c1. The van der Waals surface area contributed by atoms with Crippen LogP contribution in [0.25, 0.3) is 197 Å². The van der Waals surface area contributed by atoms with Gasteiger partial charge < -0.3 is 28.0 Å². The molecule has 0 aliphatic carbocycles. The van der Waals surface area contributed by atoms with E-state index >= 15 is 0 Å². The van der Waals surface area contributed by atoms with Gasteiger partial charge in [-0.15, -0.1) is 0 Å². The summed E-state index contributed by atoms with van der Waals surface area (Å²) in [5.74, 6) is 0. The Morgan fingerprint density at radius 1 is 0.123 bits per heavy atom. The maximum absolute atomic E-state index is 6.55. The van der Waals surface area contributed by atoms with Gasteiger partial charge in [0.05, 0.1) is 17.1 Å². The van der Waals surface area contributed by atoms with Gasteiger partial charge >= 0.3 is 0 Å². The maximum Gasteiger partial charge on any atom is 0.159 e. The van der Waals surface area contributed by atoms with E-state index in [0.717, 1.165) is 139 Å². The lowest BCUT2D eigenvalue weighted by molar-refractivity contribution is 0.669. The average molecular weight is 1760 g/mol. The fourth-order valence-corrected chi connectivity index (χ4v) is 20.6. The zero-order valence-corrected chi connectivity index (χ0v) is 75.3. The van der Waals surface area contributed by atoms with Crippen molar-refractivity contribution < 1.29 is 13.3 Å². The predicted molar refractivity (Wildman–Crippen MR) is 583 cm³/mol. The number of hydrogen-bond donors (Lipinski definition) is 0. The van der Waals surface area contributed by atoms with Gasteiger partial charge in [0.15, 0.2) is 5.58 Å². The lowest BCUT2D eigenvalue weighted by Crippen LogP contribution is -2.11. The molecule has 648 valence electrons. The third-order valence-corrected chi connectivity index (χ3v) is 27.2. The summed E-state index contributed by atoms with van der Waals surface area (Å²) in [5, 5.41) is 21.7. The summed E-state index contributed by atoms with van der Waals surface area (Å²) in [4.78, 5) is 7.04. The Balaban J connectivity index is 0.000000111. The molecule has 0 unspecified atom stereocenters. The number of benzene rings is 24. The van der Waals surface area contributed by atoms with Gasteiger partial charge in [-0.1, -0.05) is 419 Å². The van der Waals surface area contributed by atoms with Gasteiger partial charge in [-0.2, -0.15) is 0 Å². The Labute approximate surface area is 798 Å². The smallest absolute Gasteiger partial charge is 0.159 e. The highest BCUT2D eigenvalue weighted by atomic mass is 16.3. The van der Waals surface area contributed by atoms with Crippen LogP contribution in [0.4, 0.5) is 51.2 Å². The monoisotopic (exact) mass is 1760 g/mol. The van der Waals surface area contributed by atoms with Gasteiger partial charge in [0.1, 0.15) is 27.9 Å². The van der Waals surface area contributed by atoms with E-state index in [2.05, 4.69) is 506 Å². The molecule has 0 N–H and O–H groups in total. The first kappa shape index (κ1) is 81.6. The molecule has 6 nitrogen and oxygen atoms in total. The minimum atomic E-state index is 0.875. The molecule has 0 fully saturated rings. The molecule has 6 heteroatoms. The van der Waals surface area contributed by atoms with E-state index < -0.39 is 0 Å². The van der Waals surface area contributed by atoms with Crippen LogP contribution in [0, 0.1) is 0 Å². The highest BCUT2D eigenvalue weighted by molar-refractivity contribution is 6.14. The molecule has 0 spiro atoms. The number of nitrogens with zero attached hydrogens (tertiary/aromatic N) is 3. The molecular formula is C132H87N3O3. The molecule has 0 saturated carbocycles. The Morgan fingerprint density at radius 3 is 0.725 bits per heavy atom. The molecule has 3 heterocycles. The van der Waals surface area contributed by atoms with Crippen LogP contribution in [-0.2, 0) is 0 Å². The van der Waals surface area contributed by atoms with Crippen LogP contribution in [0.1, 0.15) is 0 Å². The Bertz CT molecular complexity index is 8940. The molecule has 0 aliphatic heterocycles. The molecule has 0 radical (unpaired) electrons. The molecule has 3 aromatic heterocycles. The number of hydrogen-bond acceptors (Lipinski definition) is 6. The van der Waals surface area contributed by atoms with Crippen molar-refractivity contribution in [3.63, 3.8) is 0 Å². The number of fused-ring (bicyclic) bond motifs is 15. The van der Waals surface area contributed by atoms with Crippen molar-refractivity contribution >= 4 is 182 Å². The van der Waals surface area contributed by atoms with Crippen LogP contribution in [0.3, 0.4) is 0 Å². The van der Waals surface area contributed by atoms with E-state index in [1.807, 2.05) is 36.4 Å². The molecule has 24 aromatic carbocycles. The Morgan fingerprint density at radius 2 is 0.355 bits per heavy atom. The van der Waals surface area contributed by atoms with E-state index in [-0.39, 0.29) is 0 Å². The summed E-state index contributed by atoms with van der Waals surface area (Å²) < 4.78 is 19.4. The number of rotatable bonds is 15. The van der Waals surface area contributed by atoms with Gasteiger partial charge in [0.25, 0.3) is 0 Å². The summed E-state index contributed by atoms with van der Waals surface area (Å²) in [6.45, 7) is 0. The van der Waals surface area contributed by atoms with Gasteiger partial charge in [-0.25, -0.2) is 0 Å². The second-order valence-corrected chi connectivity index (χ2v) is 35.2. The van der Waals surface area contributed by atoms with E-state index in [9.17, 15) is 0 Å². The van der Waals surface area contributed by atoms with Gasteiger partial charge in [-0.3, -0.25) is 0 Å². The number of anilines is 9. The highest BCUT2D eigenvalue weighted by Crippen LogP contribution is 2.49. The van der Waals surface area contributed by atoms with Crippen LogP contribution < -0.4 is 14.7 Å². The summed E-state index contributed by atoms with van der Waals surface area (Å²) in [5.41, 5.74) is 29.3. The zero-order chi connectivity index (χ0) is 91.4. The normalized spacial score (nSPS) is 11.5. The zero-order valence-electron chi connectivity index (χ0n) is 75.3. The minimum Gasteiger partial charge on any atom is -0.455 e. The topological polar surface area (TPSA) is 49.1 Å². The van der Waals surface area contributed by atoms with Crippen molar-refractivity contribution in [1.82, 2.24) is 0 Å². The maximum atomic E-state index is 6.55. The summed E-state index contributed by atoms with van der Waals surface area (Å²) in [6.07, 6.45) is 0. The lowest BCUT2D eigenvalue weighted by atomic mass is 9.97. The standard InChI is InChI=1S/C50H33NO.C44H29NO.C38H25NO/c1-3-17-42-34(11-1)13-8-20-44(42)36-25-29-39(30-26-36)51(40-31-27-37(28-32-40)45-21-9-14-35-12-2-4-18-43(35)45)41-16-7-15-38(33-41)46-22-10-23-48-47-19-5-6-24-49(47)52-50(46)48;1-3-14-36-30(10-1)12-7-17-38(36)32-22-26-34(27-23-32)45(42-20-9-19-41-40-16-5-6-21-43(40)46-44(41)42)35-28-24-33(25-29-35)39-18-8-13-31-11-2-4-15-37(31)39;1-3-14-30-26(10-1)12-7-19-35(30)39(36-20-8-13-27-11-2-4-15-31(27)36)29-24-22-28(23-25-29)32-17-9-18-34-33-16-5-6-21-37(33)40-38(32)34/h1-33H;1-29H;1-25H. The van der Waals surface area contributed by atoms with Gasteiger partial charge in [0.2, 0.25) is 0 Å². The molecule has 138 heavy (non-hydrogen) atoms. The second kappa shape index (κ2) is 35.3. The van der Waals surface area contributed by atoms with Crippen LogP contribution in [-0.4, -0.2) is 0 Å². The molecular weight excluding hydrogens is 1680 g/mol. The van der Waals surface area contributed by atoms with Gasteiger partial charge in [-0.05, 0) is 219 Å². The van der Waals surface area contributed by atoms with Crippen LogP contribution >= 0.6 is 0 Å². The van der Waals surface area contributed by atoms with Gasteiger partial charge in [0, 0.05) is 88.3 Å². The first-order chi connectivity index (χ1) is 68.4. The van der Waals surface area contributed by atoms with Crippen molar-refractivity contribution in [3.05, 3.63) is 528 Å². The Kier molecular flexibility index (Phi) is 20.9. The Hall–Kier alpha value is -18.4. The molecule has 0 aliphatic rings. The van der Waals surface area contributed by atoms with E-state index in [1.54, 1.807) is 0 Å². The molecule has 0 bridgehead atoms.